The van der Waals surface area contributed by atoms with Gasteiger partial charge in [-0.3, -0.25) is 14.6 Å². The van der Waals surface area contributed by atoms with Crippen LogP contribution in [0.4, 0.5) is 4.39 Å². The van der Waals surface area contributed by atoms with Crippen LogP contribution in [0, 0.1) is 12.7 Å². The maximum Gasteiger partial charge on any atom is 0.123 e. The third-order valence-corrected chi connectivity index (χ3v) is 5.12. The Bertz CT molecular complexity index is 938. The lowest BCUT2D eigenvalue weighted by Gasteiger charge is -2.32. The number of pyridine rings is 1. The Balaban J connectivity index is 1.44. The van der Waals surface area contributed by atoms with Crippen molar-refractivity contribution in [3.8, 4) is 0 Å². The van der Waals surface area contributed by atoms with E-state index in [0.29, 0.717) is 13.0 Å². The van der Waals surface area contributed by atoms with Crippen LogP contribution in [0.25, 0.3) is 0 Å². The highest BCUT2D eigenvalue weighted by Gasteiger charge is 2.24. The molecular formula is C22H25FN4O. The molecule has 0 aliphatic carbocycles. The molecule has 1 atom stereocenters. The van der Waals surface area contributed by atoms with E-state index >= 15 is 0 Å². The third-order valence-electron chi connectivity index (χ3n) is 5.12. The summed E-state index contributed by atoms with van der Waals surface area (Å²) < 4.78 is 21.0. The maximum absolute atomic E-state index is 13.1. The molecule has 1 aromatic carbocycles. The van der Waals surface area contributed by atoms with Crippen molar-refractivity contribution in [2.24, 2.45) is 7.05 Å². The van der Waals surface area contributed by atoms with Crippen LogP contribution in [0.3, 0.4) is 0 Å². The second-order valence-electron chi connectivity index (χ2n) is 7.36. The number of rotatable bonds is 5. The Hall–Kier alpha value is -2.57. The second kappa shape index (κ2) is 8.20. The standard InChI is InChI=1S/C22H25FN4O/c1-16-18(13-26(2)25-16)14-27-10-11-28-22(15-27)21-5-3-4-20(24-21)12-17-6-8-19(23)9-7-17/h3-9,13,22H,10-12,14-15H2,1-2H3/t22-/m1/s1. The van der Waals surface area contributed by atoms with Crippen molar-refractivity contribution in [3.63, 3.8) is 0 Å². The fraction of sp³-hybridized carbons (Fsp3) is 0.364. The molecular weight excluding hydrogens is 355 g/mol. The lowest BCUT2D eigenvalue weighted by atomic mass is 10.1. The van der Waals surface area contributed by atoms with Gasteiger partial charge in [-0.05, 0) is 36.8 Å². The van der Waals surface area contributed by atoms with Gasteiger partial charge in [0.2, 0.25) is 0 Å². The molecule has 146 valence electrons. The van der Waals surface area contributed by atoms with Crippen molar-refractivity contribution in [2.45, 2.75) is 26.0 Å². The van der Waals surface area contributed by atoms with E-state index in [-0.39, 0.29) is 11.9 Å². The summed E-state index contributed by atoms with van der Waals surface area (Å²) >= 11 is 0. The minimum Gasteiger partial charge on any atom is -0.369 e. The first-order valence-electron chi connectivity index (χ1n) is 9.60. The number of benzene rings is 1. The number of nitrogens with zero attached hydrogens (tertiary/aromatic N) is 4. The monoisotopic (exact) mass is 380 g/mol. The van der Waals surface area contributed by atoms with Gasteiger partial charge in [0.05, 0.1) is 18.0 Å². The fourth-order valence-corrected chi connectivity index (χ4v) is 3.66. The predicted octanol–water partition coefficient (Wildman–Crippen LogP) is 3.43. The predicted molar refractivity (Wildman–Crippen MR) is 105 cm³/mol. The van der Waals surface area contributed by atoms with Crippen molar-refractivity contribution in [1.82, 2.24) is 19.7 Å². The van der Waals surface area contributed by atoms with Crippen molar-refractivity contribution in [2.75, 3.05) is 19.7 Å². The molecule has 6 heteroatoms. The minimum atomic E-state index is -0.218. The molecule has 2 aromatic heterocycles. The van der Waals surface area contributed by atoms with Crippen LogP contribution >= 0.6 is 0 Å². The normalized spacial score (nSPS) is 17.8. The molecule has 0 amide bonds. The van der Waals surface area contributed by atoms with Crippen molar-refractivity contribution >= 4 is 0 Å². The number of halogens is 1. The summed E-state index contributed by atoms with van der Waals surface area (Å²) in [6, 6.07) is 12.6. The van der Waals surface area contributed by atoms with Gasteiger partial charge in [0.25, 0.3) is 0 Å². The molecule has 4 rings (SSSR count). The van der Waals surface area contributed by atoms with Crippen LogP contribution < -0.4 is 0 Å². The fourth-order valence-electron chi connectivity index (χ4n) is 3.66. The lowest BCUT2D eigenvalue weighted by molar-refractivity contribution is -0.0351. The van der Waals surface area contributed by atoms with Gasteiger partial charge in [0.15, 0.2) is 0 Å². The largest absolute Gasteiger partial charge is 0.369 e. The molecule has 1 aliphatic heterocycles. The van der Waals surface area contributed by atoms with E-state index in [1.165, 1.54) is 17.7 Å². The van der Waals surface area contributed by atoms with Gasteiger partial charge in [0.1, 0.15) is 11.9 Å². The summed E-state index contributed by atoms with van der Waals surface area (Å²) in [5.41, 5.74) is 5.29. The molecule has 1 saturated heterocycles. The summed E-state index contributed by atoms with van der Waals surface area (Å²) in [6.45, 7) is 5.32. The van der Waals surface area contributed by atoms with Crippen LogP contribution in [0.15, 0.2) is 48.7 Å². The molecule has 0 saturated carbocycles. The Labute approximate surface area is 164 Å². The highest BCUT2D eigenvalue weighted by Crippen LogP contribution is 2.23. The molecule has 1 aliphatic rings. The molecule has 1 fully saturated rings. The zero-order valence-corrected chi connectivity index (χ0v) is 16.3. The van der Waals surface area contributed by atoms with Crippen LogP contribution in [0.5, 0.6) is 0 Å². The van der Waals surface area contributed by atoms with Gasteiger partial charge >= 0.3 is 0 Å². The molecule has 0 spiro atoms. The quantitative estimate of drug-likeness (QED) is 0.680. The smallest absolute Gasteiger partial charge is 0.123 e. The Morgan fingerprint density at radius 3 is 2.75 bits per heavy atom. The maximum atomic E-state index is 13.1. The summed E-state index contributed by atoms with van der Waals surface area (Å²) in [7, 11) is 1.95. The van der Waals surface area contributed by atoms with E-state index in [1.54, 1.807) is 12.1 Å². The molecule has 0 radical (unpaired) electrons. The minimum absolute atomic E-state index is 0.0427. The van der Waals surface area contributed by atoms with Gasteiger partial charge < -0.3 is 4.74 Å². The van der Waals surface area contributed by atoms with E-state index in [2.05, 4.69) is 16.2 Å². The summed E-state index contributed by atoms with van der Waals surface area (Å²) in [5.74, 6) is -0.218. The second-order valence-corrected chi connectivity index (χ2v) is 7.36. The number of ether oxygens (including phenoxy) is 1. The third kappa shape index (κ3) is 4.46. The van der Waals surface area contributed by atoms with Gasteiger partial charge in [-0.15, -0.1) is 0 Å². The molecule has 3 heterocycles. The molecule has 5 nitrogen and oxygen atoms in total. The zero-order valence-electron chi connectivity index (χ0n) is 16.3. The summed E-state index contributed by atoms with van der Waals surface area (Å²) in [4.78, 5) is 7.21. The van der Waals surface area contributed by atoms with Gasteiger partial charge in [-0.1, -0.05) is 18.2 Å². The Morgan fingerprint density at radius 1 is 1.18 bits per heavy atom. The van der Waals surface area contributed by atoms with E-state index < -0.39 is 0 Å². The zero-order chi connectivity index (χ0) is 19.5. The molecule has 0 N–H and O–H groups in total. The molecule has 28 heavy (non-hydrogen) atoms. The first kappa shape index (κ1) is 18.8. The molecule has 3 aromatic rings. The average Bonchev–Trinajstić information content (AvgIpc) is 3.01. The first-order chi connectivity index (χ1) is 13.6. The number of hydrogen-bond acceptors (Lipinski definition) is 4. The summed E-state index contributed by atoms with van der Waals surface area (Å²) in [5, 5.41) is 4.43. The number of morpholine rings is 1. The SMILES string of the molecule is Cc1nn(C)cc1CN1CCO[C@@H](c2cccc(Cc3ccc(F)cc3)n2)C1. The van der Waals surface area contributed by atoms with Crippen molar-refractivity contribution < 1.29 is 9.13 Å². The van der Waals surface area contributed by atoms with E-state index in [0.717, 1.165) is 42.3 Å². The van der Waals surface area contributed by atoms with Gasteiger partial charge in [-0.2, -0.15) is 5.10 Å². The lowest BCUT2D eigenvalue weighted by Crippen LogP contribution is -2.38. The van der Waals surface area contributed by atoms with Gasteiger partial charge in [0, 0.05) is 50.6 Å². The van der Waals surface area contributed by atoms with E-state index in [9.17, 15) is 4.39 Å². The van der Waals surface area contributed by atoms with Crippen molar-refractivity contribution in [3.05, 3.63) is 82.7 Å². The Kier molecular flexibility index (Phi) is 5.50. The molecule has 0 bridgehead atoms. The van der Waals surface area contributed by atoms with Crippen LogP contribution in [-0.4, -0.2) is 39.4 Å². The average molecular weight is 380 g/mol. The Morgan fingerprint density at radius 2 is 2.00 bits per heavy atom. The topological polar surface area (TPSA) is 43.2 Å². The van der Waals surface area contributed by atoms with Crippen molar-refractivity contribution in [1.29, 1.82) is 0 Å². The van der Waals surface area contributed by atoms with Crippen LogP contribution in [-0.2, 0) is 24.8 Å². The van der Waals surface area contributed by atoms with Crippen LogP contribution in [0.2, 0.25) is 0 Å². The van der Waals surface area contributed by atoms with E-state index in [1.807, 2.05) is 36.9 Å². The van der Waals surface area contributed by atoms with Gasteiger partial charge in [-0.25, -0.2) is 4.39 Å². The number of hydrogen-bond donors (Lipinski definition) is 0. The first-order valence-corrected chi connectivity index (χ1v) is 9.60. The highest BCUT2D eigenvalue weighted by molar-refractivity contribution is 5.24. The number of aryl methyl sites for hydroxylation is 2. The molecule has 0 unspecified atom stereocenters. The van der Waals surface area contributed by atoms with E-state index in [4.69, 9.17) is 9.72 Å². The number of aromatic nitrogens is 3. The van der Waals surface area contributed by atoms with Crippen LogP contribution in [0.1, 0.15) is 34.3 Å². The highest BCUT2D eigenvalue weighted by atomic mass is 19.1. The summed E-state index contributed by atoms with van der Waals surface area (Å²) in [6.07, 6.45) is 2.72.